The number of likely N-dealkylation sites (N-methyl/N-ethyl adjacent to an activating group) is 1. The van der Waals surface area contributed by atoms with Gasteiger partial charge in [0.1, 0.15) is 0 Å². The van der Waals surface area contributed by atoms with Crippen molar-refractivity contribution in [1.29, 1.82) is 0 Å². The fraction of sp³-hybridized carbons (Fsp3) is 1.00. The van der Waals surface area contributed by atoms with Crippen molar-refractivity contribution < 1.29 is 0 Å². The first kappa shape index (κ1) is 12.3. The molecular formula is C13H27N3. The van der Waals surface area contributed by atoms with E-state index in [0.29, 0.717) is 6.04 Å². The SMILES string of the molecule is CCNC(CC(C)C)C1CN2CCN1CC2. The lowest BCUT2D eigenvalue weighted by molar-refractivity contribution is -0.00598. The van der Waals surface area contributed by atoms with E-state index in [1.807, 2.05) is 0 Å². The van der Waals surface area contributed by atoms with Gasteiger partial charge < -0.3 is 5.32 Å². The van der Waals surface area contributed by atoms with Gasteiger partial charge in [0.15, 0.2) is 0 Å². The van der Waals surface area contributed by atoms with Gasteiger partial charge in [-0.15, -0.1) is 0 Å². The minimum absolute atomic E-state index is 0.688. The molecule has 0 aliphatic carbocycles. The summed E-state index contributed by atoms with van der Waals surface area (Å²) in [7, 11) is 0. The van der Waals surface area contributed by atoms with E-state index < -0.39 is 0 Å². The van der Waals surface area contributed by atoms with Crippen LogP contribution in [0.3, 0.4) is 0 Å². The van der Waals surface area contributed by atoms with Crippen LogP contribution >= 0.6 is 0 Å². The second kappa shape index (κ2) is 5.48. The fourth-order valence-electron chi connectivity index (χ4n) is 3.19. The zero-order valence-corrected chi connectivity index (χ0v) is 11.1. The summed E-state index contributed by atoms with van der Waals surface area (Å²) in [5.41, 5.74) is 0. The van der Waals surface area contributed by atoms with Gasteiger partial charge in [0.2, 0.25) is 0 Å². The smallest absolute Gasteiger partial charge is 0.0377 e. The molecule has 0 aromatic rings. The van der Waals surface area contributed by atoms with E-state index in [0.717, 1.165) is 18.5 Å². The number of piperazine rings is 3. The van der Waals surface area contributed by atoms with Gasteiger partial charge in [0.25, 0.3) is 0 Å². The van der Waals surface area contributed by atoms with Crippen molar-refractivity contribution >= 4 is 0 Å². The highest BCUT2D eigenvalue weighted by molar-refractivity contribution is 4.95. The normalized spacial score (nSPS) is 35.6. The van der Waals surface area contributed by atoms with Gasteiger partial charge in [0.05, 0.1) is 0 Å². The Morgan fingerprint density at radius 1 is 1.19 bits per heavy atom. The van der Waals surface area contributed by atoms with Crippen LogP contribution in [0.1, 0.15) is 27.2 Å². The van der Waals surface area contributed by atoms with Gasteiger partial charge in [0, 0.05) is 44.8 Å². The predicted octanol–water partition coefficient (Wildman–Crippen LogP) is 1.01. The number of hydrogen-bond acceptors (Lipinski definition) is 3. The number of fused-ring (bicyclic) bond motifs is 3. The van der Waals surface area contributed by atoms with E-state index in [1.54, 1.807) is 0 Å². The van der Waals surface area contributed by atoms with E-state index in [1.165, 1.54) is 39.1 Å². The molecule has 0 aromatic carbocycles. The van der Waals surface area contributed by atoms with Gasteiger partial charge in [-0.3, -0.25) is 9.80 Å². The summed E-state index contributed by atoms with van der Waals surface area (Å²) >= 11 is 0. The molecule has 94 valence electrons. The molecule has 0 amide bonds. The van der Waals surface area contributed by atoms with Crippen molar-refractivity contribution in [3.63, 3.8) is 0 Å². The first-order chi connectivity index (χ1) is 7.70. The van der Waals surface area contributed by atoms with Crippen LogP contribution in [-0.4, -0.2) is 61.2 Å². The Labute approximate surface area is 100 Å². The average Bonchev–Trinajstić information content (AvgIpc) is 2.29. The second-order valence-corrected chi connectivity index (χ2v) is 5.70. The molecule has 3 nitrogen and oxygen atoms in total. The molecule has 0 spiro atoms. The van der Waals surface area contributed by atoms with Crippen molar-refractivity contribution in [3.05, 3.63) is 0 Å². The van der Waals surface area contributed by atoms with E-state index in [9.17, 15) is 0 Å². The van der Waals surface area contributed by atoms with Crippen molar-refractivity contribution in [3.8, 4) is 0 Å². The molecule has 3 heterocycles. The van der Waals surface area contributed by atoms with Crippen LogP contribution in [0, 0.1) is 5.92 Å². The molecule has 0 radical (unpaired) electrons. The number of nitrogens with zero attached hydrogens (tertiary/aromatic N) is 2. The van der Waals surface area contributed by atoms with Crippen molar-refractivity contribution in [2.24, 2.45) is 5.92 Å². The fourth-order valence-corrected chi connectivity index (χ4v) is 3.19. The Morgan fingerprint density at radius 2 is 1.88 bits per heavy atom. The second-order valence-electron chi connectivity index (χ2n) is 5.70. The molecule has 3 fully saturated rings. The Hall–Kier alpha value is -0.120. The topological polar surface area (TPSA) is 18.5 Å². The summed E-state index contributed by atoms with van der Waals surface area (Å²) < 4.78 is 0. The first-order valence-electron chi connectivity index (χ1n) is 6.90. The molecule has 3 heteroatoms. The van der Waals surface area contributed by atoms with E-state index in [2.05, 4.69) is 35.9 Å². The van der Waals surface area contributed by atoms with Crippen LogP contribution < -0.4 is 5.32 Å². The van der Waals surface area contributed by atoms with Gasteiger partial charge in [-0.2, -0.15) is 0 Å². The van der Waals surface area contributed by atoms with Gasteiger partial charge in [-0.25, -0.2) is 0 Å². The lowest BCUT2D eigenvalue weighted by Gasteiger charge is -2.50. The van der Waals surface area contributed by atoms with Crippen LogP contribution in [0.25, 0.3) is 0 Å². The quantitative estimate of drug-likeness (QED) is 0.753. The summed E-state index contributed by atoms with van der Waals surface area (Å²) in [6.45, 7) is 14.4. The third-order valence-electron chi connectivity index (χ3n) is 3.98. The monoisotopic (exact) mass is 225 g/mol. The summed E-state index contributed by atoms with van der Waals surface area (Å²) in [6.07, 6.45) is 1.31. The maximum Gasteiger partial charge on any atom is 0.0377 e. The molecule has 16 heavy (non-hydrogen) atoms. The standard InChI is InChI=1S/C13H27N3/c1-4-14-12(9-11(2)3)13-10-15-5-7-16(13)8-6-15/h11-14H,4-10H2,1-3H3. The molecule has 2 unspecified atom stereocenters. The van der Waals surface area contributed by atoms with Crippen molar-refractivity contribution in [2.75, 3.05) is 39.3 Å². The van der Waals surface area contributed by atoms with Crippen molar-refractivity contribution in [2.45, 2.75) is 39.3 Å². The summed E-state index contributed by atoms with van der Waals surface area (Å²) in [4.78, 5) is 5.34. The third kappa shape index (κ3) is 2.76. The highest BCUT2D eigenvalue weighted by Crippen LogP contribution is 2.21. The molecule has 3 aliphatic rings. The summed E-state index contributed by atoms with van der Waals surface area (Å²) in [5, 5.41) is 3.70. The Morgan fingerprint density at radius 3 is 2.31 bits per heavy atom. The van der Waals surface area contributed by atoms with Gasteiger partial charge in [-0.05, 0) is 18.9 Å². The van der Waals surface area contributed by atoms with Gasteiger partial charge >= 0.3 is 0 Å². The number of rotatable bonds is 5. The third-order valence-corrected chi connectivity index (χ3v) is 3.98. The molecule has 3 aliphatic heterocycles. The van der Waals surface area contributed by atoms with E-state index >= 15 is 0 Å². The lowest BCUT2D eigenvalue weighted by Crippen LogP contribution is -2.66. The van der Waals surface area contributed by atoms with Crippen LogP contribution in [0.2, 0.25) is 0 Å². The maximum atomic E-state index is 3.70. The van der Waals surface area contributed by atoms with Crippen LogP contribution in [-0.2, 0) is 0 Å². The summed E-state index contributed by atoms with van der Waals surface area (Å²) in [6, 6.07) is 1.44. The summed E-state index contributed by atoms with van der Waals surface area (Å²) in [5.74, 6) is 0.792. The minimum Gasteiger partial charge on any atom is -0.313 e. The van der Waals surface area contributed by atoms with E-state index in [-0.39, 0.29) is 0 Å². The molecule has 3 rings (SSSR count). The van der Waals surface area contributed by atoms with Crippen LogP contribution in [0.5, 0.6) is 0 Å². The molecule has 3 saturated heterocycles. The molecule has 0 aromatic heterocycles. The minimum atomic E-state index is 0.688. The predicted molar refractivity (Wildman–Crippen MR) is 68.7 cm³/mol. The molecule has 0 saturated carbocycles. The first-order valence-corrected chi connectivity index (χ1v) is 6.90. The molecule has 1 N–H and O–H groups in total. The number of hydrogen-bond donors (Lipinski definition) is 1. The zero-order valence-electron chi connectivity index (χ0n) is 11.1. The lowest BCUT2D eigenvalue weighted by atomic mass is 9.93. The maximum absolute atomic E-state index is 3.70. The molecular weight excluding hydrogens is 198 g/mol. The highest BCUT2D eigenvalue weighted by Gasteiger charge is 2.36. The Kier molecular flexibility index (Phi) is 4.22. The van der Waals surface area contributed by atoms with Crippen LogP contribution in [0.15, 0.2) is 0 Å². The van der Waals surface area contributed by atoms with Crippen LogP contribution in [0.4, 0.5) is 0 Å². The van der Waals surface area contributed by atoms with E-state index in [4.69, 9.17) is 0 Å². The molecule has 2 atom stereocenters. The number of nitrogens with one attached hydrogen (secondary N) is 1. The Bertz CT molecular complexity index is 209. The van der Waals surface area contributed by atoms with Crippen molar-refractivity contribution in [1.82, 2.24) is 15.1 Å². The highest BCUT2D eigenvalue weighted by atomic mass is 15.4. The molecule has 2 bridgehead atoms. The van der Waals surface area contributed by atoms with Gasteiger partial charge in [-0.1, -0.05) is 20.8 Å². The Balaban J connectivity index is 1.96. The largest absolute Gasteiger partial charge is 0.313 e. The average molecular weight is 225 g/mol. The zero-order chi connectivity index (χ0) is 11.5.